The minimum atomic E-state index is -0.196. The molecule has 1 N–H and O–H groups in total. The molecule has 0 amide bonds. The van der Waals surface area contributed by atoms with Crippen LogP contribution in [0, 0.1) is 5.82 Å². The van der Waals surface area contributed by atoms with E-state index in [1.165, 1.54) is 12.1 Å². The molecule has 158 valence electrons. The molecule has 0 bridgehead atoms. The highest BCUT2D eigenvalue weighted by atomic mass is 127. The van der Waals surface area contributed by atoms with Crippen LogP contribution in [0.3, 0.4) is 0 Å². The molecule has 2 aliphatic rings. The van der Waals surface area contributed by atoms with Gasteiger partial charge in [-0.1, -0.05) is 12.1 Å². The number of benzene rings is 1. The highest BCUT2D eigenvalue weighted by molar-refractivity contribution is 14.0. The predicted octanol–water partition coefficient (Wildman–Crippen LogP) is 2.33. The van der Waals surface area contributed by atoms with Crippen molar-refractivity contribution in [3.8, 4) is 0 Å². The van der Waals surface area contributed by atoms with E-state index in [2.05, 4.69) is 27.2 Å². The van der Waals surface area contributed by atoms with Gasteiger partial charge in [0.05, 0.1) is 12.7 Å². The average molecular weight is 506 g/mol. The summed E-state index contributed by atoms with van der Waals surface area (Å²) in [6.07, 6.45) is 2.55. The Bertz CT molecular complexity index is 611. The Hall–Kier alpha value is -0.970. The Morgan fingerprint density at radius 1 is 1.25 bits per heavy atom. The molecule has 3 rings (SSSR count). The molecule has 0 radical (unpaired) electrons. The predicted molar refractivity (Wildman–Crippen MR) is 120 cm³/mol. The zero-order chi connectivity index (χ0) is 19.1. The number of likely N-dealkylation sites (N-methyl/N-ethyl adjacent to an activating group) is 1. The molecule has 0 saturated carbocycles. The van der Waals surface area contributed by atoms with Crippen molar-refractivity contribution in [1.29, 1.82) is 0 Å². The number of halogens is 2. The van der Waals surface area contributed by atoms with Crippen LogP contribution in [-0.4, -0.2) is 81.5 Å². The van der Waals surface area contributed by atoms with E-state index in [9.17, 15) is 4.39 Å². The zero-order valence-electron chi connectivity index (χ0n) is 16.8. The van der Waals surface area contributed by atoms with Crippen molar-refractivity contribution in [1.82, 2.24) is 15.1 Å². The zero-order valence-corrected chi connectivity index (χ0v) is 19.1. The Morgan fingerprint density at radius 2 is 2.00 bits per heavy atom. The van der Waals surface area contributed by atoms with E-state index in [1.54, 1.807) is 0 Å². The van der Waals surface area contributed by atoms with Gasteiger partial charge in [-0.05, 0) is 37.6 Å². The summed E-state index contributed by atoms with van der Waals surface area (Å²) < 4.78 is 24.7. The molecule has 2 fully saturated rings. The highest BCUT2D eigenvalue weighted by Gasteiger charge is 2.32. The summed E-state index contributed by atoms with van der Waals surface area (Å²) in [6, 6.07) is 6.67. The van der Waals surface area contributed by atoms with Gasteiger partial charge >= 0.3 is 0 Å². The molecule has 0 spiro atoms. The lowest BCUT2D eigenvalue weighted by atomic mass is 10.1. The molecule has 0 aromatic heterocycles. The van der Waals surface area contributed by atoms with Crippen LogP contribution in [-0.2, 0) is 16.0 Å². The number of aliphatic imine (C=N–C) groups is 1. The van der Waals surface area contributed by atoms with Crippen LogP contribution in [0.1, 0.15) is 18.4 Å². The number of hydrogen-bond acceptors (Lipinski definition) is 4. The molecule has 28 heavy (non-hydrogen) atoms. The lowest BCUT2D eigenvalue weighted by Crippen LogP contribution is -2.53. The van der Waals surface area contributed by atoms with Crippen LogP contribution in [0.15, 0.2) is 29.3 Å². The maximum atomic E-state index is 13.0. The monoisotopic (exact) mass is 506 g/mol. The van der Waals surface area contributed by atoms with Gasteiger partial charge in [-0.2, -0.15) is 0 Å². The first kappa shape index (κ1) is 23.3. The van der Waals surface area contributed by atoms with Crippen molar-refractivity contribution in [2.75, 3.05) is 53.5 Å². The van der Waals surface area contributed by atoms with E-state index in [0.717, 1.165) is 63.7 Å². The summed E-state index contributed by atoms with van der Waals surface area (Å²) in [5, 5.41) is 3.45. The second-order valence-electron chi connectivity index (χ2n) is 7.24. The molecule has 1 aromatic carbocycles. The summed E-state index contributed by atoms with van der Waals surface area (Å²) in [4.78, 5) is 8.91. The number of guanidine groups is 1. The van der Waals surface area contributed by atoms with Gasteiger partial charge in [0, 0.05) is 46.4 Å². The number of nitrogens with zero attached hydrogens (tertiary/aromatic N) is 3. The van der Waals surface area contributed by atoms with Gasteiger partial charge in [0.25, 0.3) is 0 Å². The molecule has 2 atom stereocenters. The summed E-state index contributed by atoms with van der Waals surface area (Å²) in [7, 11) is 3.89. The van der Waals surface area contributed by atoms with E-state index >= 15 is 0 Å². The van der Waals surface area contributed by atoms with Crippen LogP contribution in [0.4, 0.5) is 4.39 Å². The van der Waals surface area contributed by atoms with Gasteiger partial charge in [-0.25, -0.2) is 4.39 Å². The lowest BCUT2D eigenvalue weighted by molar-refractivity contribution is -0.0817. The fourth-order valence-corrected chi connectivity index (χ4v) is 3.66. The van der Waals surface area contributed by atoms with Crippen LogP contribution in [0.25, 0.3) is 0 Å². The topological polar surface area (TPSA) is 49.3 Å². The number of rotatable bonds is 6. The second kappa shape index (κ2) is 11.9. The third-order valence-electron chi connectivity index (χ3n) is 5.13. The number of hydrogen-bond donors (Lipinski definition) is 1. The second-order valence-corrected chi connectivity index (χ2v) is 7.24. The summed E-state index contributed by atoms with van der Waals surface area (Å²) in [6.45, 7) is 5.67. The maximum absolute atomic E-state index is 13.0. The van der Waals surface area contributed by atoms with Gasteiger partial charge in [-0.3, -0.25) is 4.99 Å². The maximum Gasteiger partial charge on any atom is 0.193 e. The average Bonchev–Trinajstić information content (AvgIpc) is 3.22. The van der Waals surface area contributed by atoms with E-state index in [4.69, 9.17) is 9.47 Å². The molecule has 8 heteroatoms. The molecule has 1 aromatic rings. The Kier molecular flexibility index (Phi) is 9.90. The van der Waals surface area contributed by atoms with Gasteiger partial charge < -0.3 is 24.6 Å². The third-order valence-corrected chi connectivity index (χ3v) is 5.13. The lowest BCUT2D eigenvalue weighted by Gasteiger charge is -2.37. The Balaban J connectivity index is 0.00000280. The van der Waals surface area contributed by atoms with Crippen molar-refractivity contribution in [2.45, 2.75) is 31.6 Å². The minimum Gasteiger partial charge on any atom is -0.375 e. The molecular weight excluding hydrogens is 474 g/mol. The first-order valence-electron chi connectivity index (χ1n) is 9.77. The standard InChI is InChI=1S/C20H31FN4O2.HI/c1-22-20(25-11-13-27-19(15-25)18-4-3-12-26-18)23-9-10-24(2)14-16-5-7-17(21)8-6-16;/h5-8,18-19H,3-4,9-15H2,1-2H3,(H,22,23);1H. The van der Waals surface area contributed by atoms with Crippen molar-refractivity contribution in [3.05, 3.63) is 35.6 Å². The fourth-order valence-electron chi connectivity index (χ4n) is 3.66. The summed E-state index contributed by atoms with van der Waals surface area (Å²) in [5.41, 5.74) is 1.11. The SMILES string of the molecule is CN=C(NCCN(C)Cc1ccc(F)cc1)N1CCOC(C2CCCO2)C1.I. The smallest absolute Gasteiger partial charge is 0.193 e. The number of ether oxygens (including phenoxy) is 2. The van der Waals surface area contributed by atoms with E-state index in [0.29, 0.717) is 6.61 Å². The largest absolute Gasteiger partial charge is 0.375 e. The normalized spacial score (nSPS) is 23.0. The molecule has 2 heterocycles. The van der Waals surface area contributed by atoms with E-state index < -0.39 is 0 Å². The fraction of sp³-hybridized carbons (Fsp3) is 0.650. The molecule has 2 saturated heterocycles. The number of nitrogens with one attached hydrogen (secondary N) is 1. The van der Waals surface area contributed by atoms with Crippen LogP contribution in [0.5, 0.6) is 0 Å². The van der Waals surface area contributed by atoms with Gasteiger partial charge in [0.15, 0.2) is 5.96 Å². The van der Waals surface area contributed by atoms with Gasteiger partial charge in [-0.15, -0.1) is 24.0 Å². The van der Waals surface area contributed by atoms with Crippen molar-refractivity contribution in [2.24, 2.45) is 4.99 Å². The molecule has 0 aliphatic carbocycles. The first-order chi connectivity index (χ1) is 13.2. The Morgan fingerprint density at radius 3 is 2.68 bits per heavy atom. The van der Waals surface area contributed by atoms with Crippen LogP contribution in [0.2, 0.25) is 0 Å². The number of morpholine rings is 1. The first-order valence-corrected chi connectivity index (χ1v) is 9.77. The molecular formula is C20H32FIN4O2. The quantitative estimate of drug-likeness (QED) is 0.365. The van der Waals surface area contributed by atoms with Gasteiger partial charge in [0.1, 0.15) is 11.9 Å². The van der Waals surface area contributed by atoms with E-state index in [-0.39, 0.29) is 42.0 Å². The summed E-state index contributed by atoms with van der Waals surface area (Å²) in [5.74, 6) is 0.718. The minimum absolute atomic E-state index is 0. The Labute approximate surface area is 184 Å². The van der Waals surface area contributed by atoms with Gasteiger partial charge in [0.2, 0.25) is 0 Å². The molecule has 2 unspecified atom stereocenters. The van der Waals surface area contributed by atoms with Crippen molar-refractivity contribution >= 4 is 29.9 Å². The van der Waals surface area contributed by atoms with Crippen LogP contribution >= 0.6 is 24.0 Å². The third kappa shape index (κ3) is 6.82. The summed E-state index contributed by atoms with van der Waals surface area (Å²) >= 11 is 0. The highest BCUT2D eigenvalue weighted by Crippen LogP contribution is 2.21. The van der Waals surface area contributed by atoms with E-state index in [1.807, 2.05) is 19.2 Å². The molecule has 2 aliphatic heterocycles. The van der Waals surface area contributed by atoms with Crippen molar-refractivity contribution < 1.29 is 13.9 Å². The van der Waals surface area contributed by atoms with Crippen molar-refractivity contribution in [3.63, 3.8) is 0 Å². The van der Waals surface area contributed by atoms with Crippen LogP contribution < -0.4 is 5.32 Å². The molecule has 6 nitrogen and oxygen atoms in total.